The predicted molar refractivity (Wildman–Crippen MR) is 92.5 cm³/mol. The van der Waals surface area contributed by atoms with Gasteiger partial charge in [-0.2, -0.15) is 13.2 Å². The van der Waals surface area contributed by atoms with Gasteiger partial charge in [-0.05, 0) is 11.6 Å². The number of carbonyl (C=O) groups is 1. The van der Waals surface area contributed by atoms with E-state index in [0.717, 1.165) is 38.2 Å². The Morgan fingerprint density at radius 1 is 1.08 bits per heavy atom. The Hall–Kier alpha value is -2.34. The first-order valence-corrected chi connectivity index (χ1v) is 8.73. The molecule has 0 aromatic heterocycles. The summed E-state index contributed by atoms with van der Waals surface area (Å²) in [5.41, 5.74) is 0.921. The molecule has 2 aromatic carbocycles. The summed E-state index contributed by atoms with van der Waals surface area (Å²) in [5.74, 6) is -0.227. The standard InChI is InChI=1S/C20H21F3N2O/c21-20(22,23)17-8-4-7-16(11-17)12-19(26)24-18-9-10-25(14-18)13-15-5-2-1-3-6-15/h1-8,11,18H,9-10,12-14H2,(H,24,26)/p+1/t18-/m0/s1. The van der Waals surface area contributed by atoms with Gasteiger partial charge in [0.1, 0.15) is 6.54 Å². The van der Waals surface area contributed by atoms with Crippen LogP contribution >= 0.6 is 0 Å². The SMILES string of the molecule is O=C(Cc1cccc(C(F)(F)F)c1)N[C@H]1CC[NH+](Cc2ccccc2)C1. The van der Waals surface area contributed by atoms with Gasteiger partial charge in [0.2, 0.25) is 5.91 Å². The molecule has 1 saturated heterocycles. The van der Waals surface area contributed by atoms with Crippen molar-refractivity contribution in [3.05, 3.63) is 71.3 Å². The predicted octanol–water partition coefficient (Wildman–Crippen LogP) is 2.22. The fourth-order valence-electron chi connectivity index (χ4n) is 3.42. The molecule has 138 valence electrons. The summed E-state index contributed by atoms with van der Waals surface area (Å²) in [6, 6.07) is 15.2. The average Bonchev–Trinajstić information content (AvgIpc) is 3.02. The highest BCUT2D eigenvalue weighted by Crippen LogP contribution is 2.29. The van der Waals surface area contributed by atoms with Gasteiger partial charge >= 0.3 is 6.18 Å². The van der Waals surface area contributed by atoms with Crippen molar-refractivity contribution in [3.8, 4) is 0 Å². The summed E-state index contributed by atoms with van der Waals surface area (Å²) in [4.78, 5) is 13.6. The van der Waals surface area contributed by atoms with Crippen LogP contribution in [0.3, 0.4) is 0 Å². The Labute approximate surface area is 150 Å². The van der Waals surface area contributed by atoms with Gasteiger partial charge < -0.3 is 10.2 Å². The maximum Gasteiger partial charge on any atom is 0.416 e. The second-order valence-electron chi connectivity index (χ2n) is 6.79. The number of alkyl halides is 3. The molecule has 0 saturated carbocycles. The van der Waals surface area contributed by atoms with E-state index in [4.69, 9.17) is 0 Å². The molecule has 2 atom stereocenters. The quantitative estimate of drug-likeness (QED) is 0.839. The number of hydrogen-bond donors (Lipinski definition) is 2. The third-order valence-corrected chi connectivity index (χ3v) is 4.66. The van der Waals surface area contributed by atoms with Gasteiger partial charge in [0.25, 0.3) is 0 Å². The van der Waals surface area contributed by atoms with Crippen LogP contribution in [0.5, 0.6) is 0 Å². The summed E-state index contributed by atoms with van der Waals surface area (Å²) in [5, 5.41) is 2.96. The summed E-state index contributed by atoms with van der Waals surface area (Å²) < 4.78 is 38.3. The van der Waals surface area contributed by atoms with Crippen molar-refractivity contribution >= 4 is 5.91 Å². The molecule has 0 spiro atoms. The average molecular weight is 363 g/mol. The Kier molecular flexibility index (Phi) is 5.61. The molecule has 2 N–H and O–H groups in total. The molecular weight excluding hydrogens is 341 g/mol. The topological polar surface area (TPSA) is 33.5 Å². The van der Waals surface area contributed by atoms with Gasteiger partial charge in [-0.15, -0.1) is 0 Å². The lowest BCUT2D eigenvalue weighted by atomic mass is 10.1. The van der Waals surface area contributed by atoms with E-state index in [-0.39, 0.29) is 18.4 Å². The van der Waals surface area contributed by atoms with Crippen LogP contribution in [-0.2, 0) is 23.9 Å². The molecule has 0 radical (unpaired) electrons. The van der Waals surface area contributed by atoms with Crippen molar-refractivity contribution in [3.63, 3.8) is 0 Å². The lowest BCUT2D eigenvalue weighted by Crippen LogP contribution is -3.09. The zero-order chi connectivity index (χ0) is 18.6. The van der Waals surface area contributed by atoms with Gasteiger partial charge in [0, 0.05) is 12.0 Å². The lowest BCUT2D eigenvalue weighted by molar-refractivity contribution is -0.901. The molecule has 1 aliphatic heterocycles. The van der Waals surface area contributed by atoms with E-state index in [1.807, 2.05) is 18.2 Å². The number of carbonyl (C=O) groups excluding carboxylic acids is 1. The van der Waals surface area contributed by atoms with Gasteiger partial charge in [-0.1, -0.05) is 48.5 Å². The molecule has 6 heteroatoms. The molecule has 3 rings (SSSR count). The van der Waals surface area contributed by atoms with Crippen LogP contribution in [0.25, 0.3) is 0 Å². The van der Waals surface area contributed by atoms with E-state index >= 15 is 0 Å². The van der Waals surface area contributed by atoms with Crippen molar-refractivity contribution in [1.29, 1.82) is 0 Å². The molecular formula is C20H22F3N2O+. The van der Waals surface area contributed by atoms with Crippen molar-refractivity contribution < 1.29 is 22.9 Å². The fraction of sp³-hybridized carbons (Fsp3) is 0.350. The van der Waals surface area contributed by atoms with Crippen LogP contribution in [0.4, 0.5) is 13.2 Å². The Morgan fingerprint density at radius 2 is 1.81 bits per heavy atom. The second-order valence-corrected chi connectivity index (χ2v) is 6.79. The first kappa shape index (κ1) is 18.5. The molecule has 3 nitrogen and oxygen atoms in total. The van der Waals surface area contributed by atoms with E-state index in [1.165, 1.54) is 16.5 Å². The van der Waals surface area contributed by atoms with Gasteiger partial charge in [-0.3, -0.25) is 4.79 Å². The third kappa shape index (κ3) is 5.08. The third-order valence-electron chi connectivity index (χ3n) is 4.66. The second kappa shape index (κ2) is 7.91. The molecule has 26 heavy (non-hydrogen) atoms. The van der Waals surface area contributed by atoms with Crippen molar-refractivity contribution in [2.24, 2.45) is 0 Å². The largest absolute Gasteiger partial charge is 0.416 e. The fourth-order valence-corrected chi connectivity index (χ4v) is 3.42. The summed E-state index contributed by atoms with van der Waals surface area (Å²) in [6.45, 7) is 2.73. The smallest absolute Gasteiger partial charge is 0.347 e. The van der Waals surface area contributed by atoms with E-state index in [0.29, 0.717) is 5.56 Å². The Balaban J connectivity index is 1.50. The Bertz CT molecular complexity index is 746. The maximum atomic E-state index is 12.8. The van der Waals surface area contributed by atoms with E-state index in [2.05, 4.69) is 17.4 Å². The van der Waals surface area contributed by atoms with Crippen LogP contribution in [-0.4, -0.2) is 25.0 Å². The molecule has 2 aromatic rings. The number of rotatable bonds is 5. The highest BCUT2D eigenvalue weighted by molar-refractivity contribution is 5.78. The zero-order valence-electron chi connectivity index (χ0n) is 14.4. The first-order valence-electron chi connectivity index (χ1n) is 8.73. The number of amides is 1. The molecule has 0 bridgehead atoms. The molecule has 1 amide bonds. The highest BCUT2D eigenvalue weighted by atomic mass is 19.4. The number of benzene rings is 2. The number of quaternary nitrogens is 1. The first-order chi connectivity index (χ1) is 12.4. The normalized spacial score (nSPS) is 20.1. The van der Waals surface area contributed by atoms with Crippen molar-refractivity contribution in [1.82, 2.24) is 5.32 Å². The Morgan fingerprint density at radius 3 is 2.54 bits per heavy atom. The molecule has 0 aliphatic carbocycles. The summed E-state index contributed by atoms with van der Waals surface area (Å²) in [7, 11) is 0. The van der Waals surface area contributed by atoms with Crippen LogP contribution in [0, 0.1) is 0 Å². The number of halogens is 3. The minimum atomic E-state index is -4.39. The van der Waals surface area contributed by atoms with Gasteiger partial charge in [0.05, 0.1) is 31.1 Å². The molecule has 1 unspecified atom stereocenters. The van der Waals surface area contributed by atoms with Gasteiger partial charge in [0.15, 0.2) is 0 Å². The number of hydrogen-bond acceptors (Lipinski definition) is 1. The van der Waals surface area contributed by atoms with Crippen molar-refractivity contribution in [2.75, 3.05) is 13.1 Å². The minimum absolute atomic E-state index is 0.0333. The maximum absolute atomic E-state index is 12.8. The van der Waals surface area contributed by atoms with Crippen LogP contribution < -0.4 is 10.2 Å². The summed E-state index contributed by atoms with van der Waals surface area (Å²) >= 11 is 0. The van der Waals surface area contributed by atoms with E-state index < -0.39 is 11.7 Å². The van der Waals surface area contributed by atoms with Gasteiger partial charge in [-0.25, -0.2) is 0 Å². The van der Waals surface area contributed by atoms with Crippen LogP contribution in [0.15, 0.2) is 54.6 Å². The number of likely N-dealkylation sites (tertiary alicyclic amines) is 1. The van der Waals surface area contributed by atoms with E-state index in [1.54, 1.807) is 6.07 Å². The zero-order valence-corrected chi connectivity index (χ0v) is 14.4. The van der Waals surface area contributed by atoms with Crippen LogP contribution in [0.1, 0.15) is 23.1 Å². The molecule has 1 fully saturated rings. The lowest BCUT2D eigenvalue weighted by Gasteiger charge is -2.14. The van der Waals surface area contributed by atoms with E-state index in [9.17, 15) is 18.0 Å². The summed E-state index contributed by atoms with van der Waals surface area (Å²) in [6.07, 6.45) is -3.54. The molecule has 1 heterocycles. The highest BCUT2D eigenvalue weighted by Gasteiger charge is 2.31. The molecule has 1 aliphatic rings. The van der Waals surface area contributed by atoms with Crippen LogP contribution in [0.2, 0.25) is 0 Å². The monoisotopic (exact) mass is 363 g/mol. The van der Waals surface area contributed by atoms with Crippen molar-refractivity contribution in [2.45, 2.75) is 31.6 Å². The number of nitrogens with one attached hydrogen (secondary N) is 2. The minimum Gasteiger partial charge on any atom is -0.347 e.